The molecule has 35 heavy (non-hydrogen) atoms. The standard InChI is InChI=1S/C26H21N5O4/c1-34-25(32)22-21(16-8-4-3-5-9-16)19(12-27)24(28)31(23(22)26(33)35-2)20-11-7-6-10-18(20)17-13-29-15-30-14-17/h3-11,13-15,21H,28H2,1-2H3. The maximum Gasteiger partial charge on any atom is 0.355 e. The summed E-state index contributed by atoms with van der Waals surface area (Å²) in [7, 11) is 2.41. The summed E-state index contributed by atoms with van der Waals surface area (Å²) in [4.78, 5) is 35.9. The highest BCUT2D eigenvalue weighted by molar-refractivity contribution is 6.07. The van der Waals surface area contributed by atoms with E-state index in [4.69, 9.17) is 15.2 Å². The summed E-state index contributed by atoms with van der Waals surface area (Å²) in [6, 6.07) is 18.0. The highest BCUT2D eigenvalue weighted by Crippen LogP contribution is 2.45. The Hall–Kier alpha value is -4.97. The first-order valence-corrected chi connectivity index (χ1v) is 10.5. The van der Waals surface area contributed by atoms with Gasteiger partial charge in [-0.1, -0.05) is 48.5 Å². The number of nitriles is 1. The van der Waals surface area contributed by atoms with E-state index in [0.29, 0.717) is 22.4 Å². The van der Waals surface area contributed by atoms with Crippen molar-refractivity contribution in [3.8, 4) is 17.2 Å². The molecule has 0 saturated carbocycles. The molecule has 1 aliphatic rings. The van der Waals surface area contributed by atoms with E-state index in [9.17, 15) is 14.9 Å². The van der Waals surface area contributed by atoms with Crippen LogP contribution in [0.1, 0.15) is 11.5 Å². The molecule has 0 aliphatic carbocycles. The minimum Gasteiger partial charge on any atom is -0.466 e. The maximum absolute atomic E-state index is 13.2. The van der Waals surface area contributed by atoms with Crippen molar-refractivity contribution in [2.24, 2.45) is 5.73 Å². The average molecular weight is 467 g/mol. The smallest absolute Gasteiger partial charge is 0.355 e. The molecule has 2 heterocycles. The number of hydrogen-bond donors (Lipinski definition) is 1. The van der Waals surface area contributed by atoms with E-state index in [-0.39, 0.29) is 22.7 Å². The monoisotopic (exact) mass is 467 g/mol. The van der Waals surface area contributed by atoms with Crippen molar-refractivity contribution in [3.63, 3.8) is 0 Å². The Kier molecular flexibility index (Phi) is 6.55. The van der Waals surface area contributed by atoms with Crippen LogP contribution in [0.15, 0.2) is 96.0 Å². The van der Waals surface area contributed by atoms with E-state index < -0.39 is 17.9 Å². The molecule has 0 radical (unpaired) electrons. The zero-order valence-corrected chi connectivity index (χ0v) is 19.0. The van der Waals surface area contributed by atoms with Gasteiger partial charge >= 0.3 is 11.9 Å². The van der Waals surface area contributed by atoms with Crippen LogP contribution in [0.25, 0.3) is 11.1 Å². The van der Waals surface area contributed by atoms with Crippen molar-refractivity contribution in [2.75, 3.05) is 19.1 Å². The number of hydrogen-bond acceptors (Lipinski definition) is 9. The molecule has 9 nitrogen and oxygen atoms in total. The third kappa shape index (κ3) is 4.09. The molecule has 0 bridgehead atoms. The molecule has 1 aliphatic heterocycles. The molecule has 0 saturated heterocycles. The number of carbonyl (C=O) groups excluding carboxylic acids is 2. The van der Waals surface area contributed by atoms with Crippen molar-refractivity contribution in [3.05, 3.63) is 102 Å². The molecule has 1 unspecified atom stereocenters. The summed E-state index contributed by atoms with van der Waals surface area (Å²) in [6.45, 7) is 0. The number of anilines is 1. The van der Waals surface area contributed by atoms with Crippen LogP contribution in [0.2, 0.25) is 0 Å². The average Bonchev–Trinajstić information content (AvgIpc) is 2.92. The zero-order chi connectivity index (χ0) is 24.9. The number of para-hydroxylation sites is 1. The largest absolute Gasteiger partial charge is 0.466 e. The Balaban J connectivity index is 2.09. The Morgan fingerprint density at radius 3 is 2.23 bits per heavy atom. The molecule has 1 atom stereocenters. The zero-order valence-electron chi connectivity index (χ0n) is 19.0. The summed E-state index contributed by atoms with van der Waals surface area (Å²) in [5.74, 6) is -2.56. The number of nitrogens with two attached hydrogens (primary N) is 1. The molecule has 174 valence electrons. The fourth-order valence-electron chi connectivity index (χ4n) is 4.11. The summed E-state index contributed by atoms with van der Waals surface area (Å²) in [5, 5.41) is 10.2. The van der Waals surface area contributed by atoms with E-state index in [2.05, 4.69) is 16.0 Å². The molecular weight excluding hydrogens is 446 g/mol. The number of allylic oxidation sites excluding steroid dienone is 1. The fourth-order valence-corrected chi connectivity index (χ4v) is 4.11. The number of methoxy groups -OCH3 is 2. The molecule has 9 heteroatoms. The van der Waals surface area contributed by atoms with Crippen molar-refractivity contribution in [2.45, 2.75) is 5.92 Å². The lowest BCUT2D eigenvalue weighted by Gasteiger charge is -2.36. The number of nitrogens with zero attached hydrogens (tertiary/aromatic N) is 4. The number of aromatic nitrogens is 2. The van der Waals surface area contributed by atoms with Crippen LogP contribution < -0.4 is 10.6 Å². The summed E-state index contributed by atoms with van der Waals surface area (Å²) in [5.41, 5.74) is 8.76. The van der Waals surface area contributed by atoms with Crippen molar-refractivity contribution in [1.82, 2.24) is 9.97 Å². The van der Waals surface area contributed by atoms with Crippen LogP contribution in [-0.2, 0) is 19.1 Å². The first kappa shape index (κ1) is 23.2. The highest BCUT2D eigenvalue weighted by Gasteiger charge is 2.43. The minimum absolute atomic E-state index is 0.0151. The first-order valence-electron chi connectivity index (χ1n) is 10.5. The van der Waals surface area contributed by atoms with Gasteiger partial charge in [0.15, 0.2) is 0 Å². The predicted octanol–water partition coefficient (Wildman–Crippen LogP) is 3.04. The van der Waals surface area contributed by atoms with Crippen LogP contribution in [0.5, 0.6) is 0 Å². The molecule has 2 N–H and O–H groups in total. The number of ether oxygens (including phenoxy) is 2. The van der Waals surface area contributed by atoms with E-state index in [1.54, 1.807) is 67.0 Å². The molecule has 0 amide bonds. The molecule has 2 aromatic carbocycles. The van der Waals surface area contributed by atoms with Crippen molar-refractivity contribution in [1.29, 1.82) is 5.26 Å². The van der Waals surface area contributed by atoms with E-state index >= 15 is 0 Å². The lowest BCUT2D eigenvalue weighted by atomic mass is 9.80. The molecule has 0 spiro atoms. The van der Waals surface area contributed by atoms with Gasteiger partial charge < -0.3 is 15.2 Å². The van der Waals surface area contributed by atoms with Gasteiger partial charge in [0.1, 0.15) is 17.8 Å². The highest BCUT2D eigenvalue weighted by atomic mass is 16.5. The number of rotatable bonds is 5. The van der Waals surface area contributed by atoms with Gasteiger partial charge in [0.25, 0.3) is 0 Å². The molecular formula is C26H21N5O4. The van der Waals surface area contributed by atoms with Crippen molar-refractivity contribution >= 4 is 17.6 Å². The molecule has 1 aromatic heterocycles. The van der Waals surface area contributed by atoms with Gasteiger partial charge in [0.05, 0.1) is 43.0 Å². The Labute approximate surface area is 201 Å². The van der Waals surface area contributed by atoms with Gasteiger partial charge in [0.2, 0.25) is 0 Å². The Morgan fingerprint density at radius 1 is 0.971 bits per heavy atom. The SMILES string of the molecule is COC(=O)C1=C(C(=O)OC)N(c2ccccc2-c2cncnc2)C(N)=C(C#N)C1c1ccccc1. The third-order valence-electron chi connectivity index (χ3n) is 5.63. The number of benzene rings is 2. The van der Waals surface area contributed by atoms with Gasteiger partial charge in [-0.05, 0) is 11.6 Å². The summed E-state index contributed by atoms with van der Waals surface area (Å²) < 4.78 is 10.2. The van der Waals surface area contributed by atoms with Crippen LogP contribution in [0.3, 0.4) is 0 Å². The van der Waals surface area contributed by atoms with Gasteiger partial charge in [-0.25, -0.2) is 19.6 Å². The molecule has 3 aromatic rings. The lowest BCUT2D eigenvalue weighted by molar-refractivity contribution is -0.139. The quantitative estimate of drug-likeness (QED) is 0.562. The minimum atomic E-state index is -0.939. The van der Waals surface area contributed by atoms with Crippen LogP contribution in [-0.4, -0.2) is 36.1 Å². The van der Waals surface area contributed by atoms with Crippen LogP contribution in [0, 0.1) is 11.3 Å². The second-order valence-electron chi connectivity index (χ2n) is 7.48. The Morgan fingerprint density at radius 2 is 1.60 bits per heavy atom. The van der Waals surface area contributed by atoms with Gasteiger partial charge in [-0.2, -0.15) is 5.26 Å². The second kappa shape index (κ2) is 9.89. The topological polar surface area (TPSA) is 131 Å². The number of carbonyl (C=O) groups is 2. The molecule has 4 rings (SSSR count). The summed E-state index contributed by atoms with van der Waals surface area (Å²) >= 11 is 0. The predicted molar refractivity (Wildman–Crippen MR) is 127 cm³/mol. The second-order valence-corrected chi connectivity index (χ2v) is 7.48. The third-order valence-corrected chi connectivity index (χ3v) is 5.63. The van der Waals surface area contributed by atoms with E-state index in [1.165, 1.54) is 25.4 Å². The van der Waals surface area contributed by atoms with Crippen LogP contribution in [0.4, 0.5) is 5.69 Å². The normalized spacial score (nSPS) is 15.5. The fraction of sp³-hybridized carbons (Fsp3) is 0.115. The number of esters is 2. The van der Waals surface area contributed by atoms with Gasteiger partial charge in [0, 0.05) is 23.5 Å². The Bertz CT molecular complexity index is 1380. The van der Waals surface area contributed by atoms with E-state index in [1.807, 2.05) is 0 Å². The lowest BCUT2D eigenvalue weighted by Crippen LogP contribution is -2.41. The first-order chi connectivity index (χ1) is 17.0. The van der Waals surface area contributed by atoms with E-state index in [0.717, 1.165) is 0 Å². The van der Waals surface area contributed by atoms with Gasteiger partial charge in [-0.15, -0.1) is 0 Å². The maximum atomic E-state index is 13.2. The van der Waals surface area contributed by atoms with Crippen LogP contribution >= 0.6 is 0 Å². The van der Waals surface area contributed by atoms with Gasteiger partial charge in [-0.3, -0.25) is 4.90 Å². The molecule has 0 fully saturated rings. The summed E-state index contributed by atoms with van der Waals surface area (Å²) in [6.07, 6.45) is 4.61. The van der Waals surface area contributed by atoms with Crippen molar-refractivity contribution < 1.29 is 19.1 Å².